The van der Waals surface area contributed by atoms with Crippen LogP contribution in [0.5, 0.6) is 0 Å². The molecule has 0 bridgehead atoms. The van der Waals surface area contributed by atoms with Crippen molar-refractivity contribution >= 4 is 40.8 Å². The molecule has 0 aliphatic carbocycles. The second kappa shape index (κ2) is 7.47. The van der Waals surface area contributed by atoms with E-state index in [1.54, 1.807) is 24.3 Å². The highest BCUT2D eigenvalue weighted by molar-refractivity contribution is 6.31. The molecule has 4 atom stereocenters. The van der Waals surface area contributed by atoms with Crippen LogP contribution in [0.25, 0.3) is 0 Å². The maximum Gasteiger partial charge on any atom is 0.321 e. The van der Waals surface area contributed by atoms with Crippen molar-refractivity contribution in [2.45, 2.75) is 50.6 Å². The second-order valence-corrected chi connectivity index (χ2v) is 10.3. The summed E-state index contributed by atoms with van der Waals surface area (Å²) in [5, 5.41) is 16.4. The van der Waals surface area contributed by atoms with Crippen LogP contribution in [0, 0.1) is 11.2 Å². The number of aliphatic carboxylic acids is 1. The molecule has 2 aliphatic rings. The molecule has 0 radical (unpaired) electrons. The first-order valence-electron chi connectivity index (χ1n) is 10.0. The molecule has 1 fully saturated rings. The summed E-state index contributed by atoms with van der Waals surface area (Å²) in [6.07, 6.45) is 0.491. The Morgan fingerprint density at radius 3 is 2.58 bits per heavy atom. The molecule has 0 saturated carbocycles. The molecule has 1 amide bonds. The lowest BCUT2D eigenvalue weighted by molar-refractivity contribution is -0.139. The quantitative estimate of drug-likeness (QED) is 0.599. The Balaban J connectivity index is 2.04. The fourth-order valence-electron chi connectivity index (χ4n) is 5.14. The van der Waals surface area contributed by atoms with E-state index in [9.17, 15) is 14.7 Å². The molecule has 31 heavy (non-hydrogen) atoms. The van der Waals surface area contributed by atoms with Crippen LogP contribution in [-0.4, -0.2) is 29.1 Å². The lowest BCUT2D eigenvalue weighted by Crippen LogP contribution is -2.49. The number of carbonyl (C=O) groups excluding carboxylic acids is 1. The van der Waals surface area contributed by atoms with Crippen molar-refractivity contribution in [1.82, 2.24) is 5.32 Å². The highest BCUT2D eigenvalue weighted by Gasteiger charge is 2.66. The molecule has 1 spiro atoms. The van der Waals surface area contributed by atoms with Crippen molar-refractivity contribution in [3.8, 4) is 0 Å². The maximum atomic E-state index is 15.3. The Hall–Kier alpha value is -2.15. The highest BCUT2D eigenvalue weighted by atomic mass is 35.5. The van der Waals surface area contributed by atoms with Crippen LogP contribution >= 0.6 is 23.2 Å². The van der Waals surface area contributed by atoms with Gasteiger partial charge in [0.05, 0.1) is 5.02 Å². The minimum absolute atomic E-state index is 0.0989. The molecule has 164 valence electrons. The van der Waals surface area contributed by atoms with Gasteiger partial charge in [-0.2, -0.15) is 0 Å². The molecule has 4 rings (SSSR count). The Morgan fingerprint density at radius 2 is 1.94 bits per heavy atom. The lowest BCUT2D eigenvalue weighted by Gasteiger charge is -2.37. The number of benzene rings is 2. The van der Waals surface area contributed by atoms with Gasteiger partial charge in [-0.25, -0.2) is 4.39 Å². The summed E-state index contributed by atoms with van der Waals surface area (Å²) in [7, 11) is 0. The summed E-state index contributed by atoms with van der Waals surface area (Å²) in [5.74, 6) is -3.26. The minimum atomic E-state index is -1.35. The lowest BCUT2D eigenvalue weighted by atomic mass is 9.62. The van der Waals surface area contributed by atoms with Gasteiger partial charge in [-0.05, 0) is 41.2 Å². The first-order valence-corrected chi connectivity index (χ1v) is 10.8. The molecule has 2 heterocycles. The van der Waals surface area contributed by atoms with Gasteiger partial charge in [0.15, 0.2) is 0 Å². The SMILES string of the molecule is CC(C)(C)C[C@H]1N[C@@H](C(=O)O)[C@H](c2cccc(Cl)c2F)[C@@]12C(=O)Nc1cc(Cl)ccc12. The number of hydrogen-bond acceptors (Lipinski definition) is 3. The number of fused-ring (bicyclic) bond motifs is 2. The molecule has 0 unspecified atom stereocenters. The summed E-state index contributed by atoms with van der Waals surface area (Å²) < 4.78 is 15.3. The Labute approximate surface area is 189 Å². The van der Waals surface area contributed by atoms with Crippen molar-refractivity contribution in [1.29, 1.82) is 0 Å². The molecule has 0 aromatic heterocycles. The Kier molecular flexibility index (Phi) is 5.31. The summed E-state index contributed by atoms with van der Waals surface area (Å²) >= 11 is 12.2. The Morgan fingerprint density at radius 1 is 1.23 bits per heavy atom. The van der Waals surface area contributed by atoms with E-state index >= 15 is 4.39 Å². The van der Waals surface area contributed by atoms with E-state index in [2.05, 4.69) is 10.6 Å². The normalized spacial score (nSPS) is 27.4. The molecular weight excluding hydrogens is 442 g/mol. The molecule has 5 nitrogen and oxygen atoms in total. The number of carbonyl (C=O) groups is 2. The van der Waals surface area contributed by atoms with E-state index in [0.29, 0.717) is 22.7 Å². The largest absolute Gasteiger partial charge is 0.480 e. The van der Waals surface area contributed by atoms with Gasteiger partial charge in [0, 0.05) is 22.7 Å². The van der Waals surface area contributed by atoms with Gasteiger partial charge in [-0.15, -0.1) is 0 Å². The van der Waals surface area contributed by atoms with Gasteiger partial charge in [-0.1, -0.05) is 62.2 Å². The van der Waals surface area contributed by atoms with Gasteiger partial charge in [-0.3, -0.25) is 14.9 Å². The van der Waals surface area contributed by atoms with Crippen LogP contribution in [0.15, 0.2) is 36.4 Å². The number of anilines is 1. The van der Waals surface area contributed by atoms with E-state index in [1.165, 1.54) is 12.1 Å². The predicted octanol–water partition coefficient (Wildman–Crippen LogP) is 4.97. The molecule has 2 aromatic rings. The van der Waals surface area contributed by atoms with E-state index in [-0.39, 0.29) is 21.9 Å². The second-order valence-electron chi connectivity index (χ2n) is 9.43. The summed E-state index contributed by atoms with van der Waals surface area (Å²) in [4.78, 5) is 26.0. The van der Waals surface area contributed by atoms with E-state index < -0.39 is 35.2 Å². The number of carboxylic acids is 1. The van der Waals surface area contributed by atoms with Crippen molar-refractivity contribution in [3.05, 3.63) is 63.4 Å². The zero-order valence-corrected chi connectivity index (χ0v) is 18.8. The van der Waals surface area contributed by atoms with Crippen LogP contribution in [0.4, 0.5) is 10.1 Å². The molecule has 2 aromatic carbocycles. The third kappa shape index (κ3) is 3.41. The van der Waals surface area contributed by atoms with Crippen LogP contribution < -0.4 is 10.6 Å². The number of amides is 1. The predicted molar refractivity (Wildman–Crippen MR) is 118 cm³/mol. The zero-order valence-electron chi connectivity index (χ0n) is 17.3. The van der Waals surface area contributed by atoms with Crippen LogP contribution in [0.1, 0.15) is 44.2 Å². The number of rotatable bonds is 3. The van der Waals surface area contributed by atoms with Crippen LogP contribution in [0.3, 0.4) is 0 Å². The van der Waals surface area contributed by atoms with E-state index in [4.69, 9.17) is 23.2 Å². The average Bonchev–Trinajstić information content (AvgIpc) is 3.12. The monoisotopic (exact) mass is 464 g/mol. The van der Waals surface area contributed by atoms with E-state index in [1.807, 2.05) is 20.8 Å². The number of halogens is 3. The molecule has 3 N–H and O–H groups in total. The topological polar surface area (TPSA) is 78.4 Å². The minimum Gasteiger partial charge on any atom is -0.480 e. The standard InChI is InChI=1S/C23H23Cl2FN2O3/c1-22(2,3)10-16-23(13-8-7-11(24)9-15(13)27-21(23)31)17(19(28-16)20(29)30)12-5-4-6-14(25)18(12)26/h4-9,16-17,19,28H,10H2,1-3H3,(H,27,31)(H,29,30)/t16-,17+,19-,23+/m1/s1. The van der Waals surface area contributed by atoms with Crippen molar-refractivity contribution in [2.24, 2.45) is 5.41 Å². The average molecular weight is 465 g/mol. The van der Waals surface area contributed by atoms with E-state index in [0.717, 1.165) is 0 Å². The first kappa shape index (κ1) is 22.1. The third-order valence-electron chi connectivity index (χ3n) is 6.20. The number of hydrogen-bond donors (Lipinski definition) is 3. The fourth-order valence-corrected chi connectivity index (χ4v) is 5.49. The number of carboxylic acid groups (broad SMARTS) is 1. The van der Waals surface area contributed by atoms with Gasteiger partial charge in [0.2, 0.25) is 5.91 Å². The highest BCUT2D eigenvalue weighted by Crippen LogP contribution is 2.57. The van der Waals surface area contributed by atoms with Gasteiger partial charge >= 0.3 is 5.97 Å². The van der Waals surface area contributed by atoms with Crippen molar-refractivity contribution in [3.63, 3.8) is 0 Å². The van der Waals surface area contributed by atoms with Gasteiger partial charge < -0.3 is 10.4 Å². The van der Waals surface area contributed by atoms with Crippen molar-refractivity contribution < 1.29 is 19.1 Å². The van der Waals surface area contributed by atoms with Gasteiger partial charge in [0.25, 0.3) is 0 Å². The first-order chi connectivity index (χ1) is 14.5. The van der Waals surface area contributed by atoms with Crippen molar-refractivity contribution in [2.75, 3.05) is 5.32 Å². The molecule has 8 heteroatoms. The summed E-state index contributed by atoms with van der Waals surface area (Å²) in [6, 6.07) is 7.76. The third-order valence-corrected chi connectivity index (χ3v) is 6.73. The van der Waals surface area contributed by atoms with Crippen LogP contribution in [0.2, 0.25) is 10.0 Å². The molecule has 2 aliphatic heterocycles. The maximum absolute atomic E-state index is 15.3. The van der Waals surface area contributed by atoms with Crippen LogP contribution in [-0.2, 0) is 15.0 Å². The molecule has 1 saturated heterocycles. The summed E-state index contributed by atoms with van der Waals surface area (Å²) in [6.45, 7) is 6.04. The molecular formula is C23H23Cl2FN2O3. The zero-order chi connectivity index (χ0) is 22.7. The smallest absolute Gasteiger partial charge is 0.321 e. The Bertz CT molecular complexity index is 1080. The number of nitrogens with one attached hydrogen (secondary N) is 2. The summed E-state index contributed by atoms with van der Waals surface area (Å²) in [5.41, 5.74) is -0.359. The van der Waals surface area contributed by atoms with Gasteiger partial charge in [0.1, 0.15) is 17.3 Å². The fraction of sp³-hybridized carbons (Fsp3) is 0.391.